The molecule has 6 nitrogen and oxygen atoms in total. The van der Waals surface area contributed by atoms with Gasteiger partial charge in [-0.05, 0) is 48.1 Å². The number of anilines is 1. The van der Waals surface area contributed by atoms with E-state index in [1.165, 1.54) is 17.6 Å². The number of hydrogen-bond acceptors (Lipinski definition) is 5. The first-order valence-corrected chi connectivity index (χ1v) is 9.88. The molecule has 0 fully saturated rings. The lowest BCUT2D eigenvalue weighted by molar-refractivity contribution is -0.118. The van der Waals surface area contributed by atoms with Gasteiger partial charge in [0.2, 0.25) is 5.91 Å². The van der Waals surface area contributed by atoms with Gasteiger partial charge in [-0.25, -0.2) is 0 Å². The maximum Gasteiger partial charge on any atom is 0.254 e. The van der Waals surface area contributed by atoms with Crippen LogP contribution in [0.2, 0.25) is 0 Å². The third-order valence-corrected chi connectivity index (χ3v) is 5.97. The highest BCUT2D eigenvalue weighted by molar-refractivity contribution is 7.10. The van der Waals surface area contributed by atoms with Crippen molar-refractivity contribution in [1.82, 2.24) is 4.90 Å². The highest BCUT2D eigenvalue weighted by Gasteiger charge is 2.24. The molecule has 1 aromatic heterocycles. The smallest absolute Gasteiger partial charge is 0.254 e. The molecular weight excluding hydrogens is 398 g/mol. The van der Waals surface area contributed by atoms with Gasteiger partial charge in [0.25, 0.3) is 5.91 Å². The molecule has 28 heavy (non-hydrogen) atoms. The second-order valence-corrected chi connectivity index (χ2v) is 7.67. The summed E-state index contributed by atoms with van der Waals surface area (Å²) in [6, 6.07) is 7.51. The highest BCUT2D eigenvalue weighted by Crippen LogP contribution is 2.27. The number of amides is 2. The van der Waals surface area contributed by atoms with Crippen LogP contribution in [0.15, 0.2) is 29.6 Å². The Labute approximate surface area is 175 Å². The van der Waals surface area contributed by atoms with Crippen LogP contribution in [0.25, 0.3) is 0 Å². The number of ether oxygens (including phenoxy) is 1. The lowest BCUT2D eigenvalue weighted by Gasteiger charge is -2.28. The van der Waals surface area contributed by atoms with Crippen LogP contribution >= 0.6 is 23.7 Å². The lowest BCUT2D eigenvalue weighted by Crippen LogP contribution is -2.35. The van der Waals surface area contributed by atoms with Gasteiger partial charge in [0.05, 0.1) is 12.5 Å². The number of methoxy groups -OCH3 is 1. The summed E-state index contributed by atoms with van der Waals surface area (Å²) in [5.74, 6) is -0.182. The molecule has 1 unspecified atom stereocenters. The maximum atomic E-state index is 13.0. The van der Waals surface area contributed by atoms with Crippen LogP contribution in [0, 0.1) is 6.92 Å². The first-order valence-electron chi connectivity index (χ1n) is 9.00. The standard InChI is InChI=1S/C20H25N3O3S.ClH/c1-13-16(20(25)23-8-6-18-14(12-23)7-9-27-18)4-3-5-17(13)22-19(24)10-15(11-21)26-2;/h3-5,7,9,15H,6,8,10-12,21H2,1-2H3,(H,22,24);1H. The summed E-state index contributed by atoms with van der Waals surface area (Å²) in [6.07, 6.45) is 0.756. The van der Waals surface area contributed by atoms with Gasteiger partial charge in [0.15, 0.2) is 0 Å². The molecule has 0 radical (unpaired) electrons. The number of thiophene rings is 1. The number of carbonyl (C=O) groups is 2. The Morgan fingerprint density at radius 2 is 2.14 bits per heavy atom. The third-order valence-electron chi connectivity index (χ3n) is 4.94. The summed E-state index contributed by atoms with van der Waals surface area (Å²) >= 11 is 1.75. The molecule has 1 aliphatic rings. The number of rotatable bonds is 6. The van der Waals surface area contributed by atoms with Gasteiger partial charge < -0.3 is 20.7 Å². The average molecular weight is 424 g/mol. The van der Waals surface area contributed by atoms with Crippen LogP contribution in [0.1, 0.15) is 32.8 Å². The second-order valence-electron chi connectivity index (χ2n) is 6.67. The Morgan fingerprint density at radius 3 is 2.86 bits per heavy atom. The Morgan fingerprint density at radius 1 is 1.36 bits per heavy atom. The van der Waals surface area contributed by atoms with E-state index in [0.717, 1.165) is 12.0 Å². The molecule has 3 N–H and O–H groups in total. The van der Waals surface area contributed by atoms with Gasteiger partial charge >= 0.3 is 0 Å². The van der Waals surface area contributed by atoms with Gasteiger partial charge in [0.1, 0.15) is 0 Å². The van der Waals surface area contributed by atoms with E-state index in [1.54, 1.807) is 23.5 Å². The Kier molecular flexibility index (Phi) is 8.00. The summed E-state index contributed by atoms with van der Waals surface area (Å²) < 4.78 is 5.16. The minimum atomic E-state index is -0.316. The zero-order chi connectivity index (χ0) is 19.4. The fourth-order valence-electron chi connectivity index (χ4n) is 3.27. The van der Waals surface area contributed by atoms with E-state index in [2.05, 4.69) is 16.8 Å². The van der Waals surface area contributed by atoms with Gasteiger partial charge in [0, 0.05) is 42.9 Å². The van der Waals surface area contributed by atoms with Crippen molar-refractivity contribution >= 4 is 41.2 Å². The van der Waals surface area contributed by atoms with Gasteiger partial charge in [-0.15, -0.1) is 23.7 Å². The largest absolute Gasteiger partial charge is 0.380 e. The van der Waals surface area contributed by atoms with Crippen molar-refractivity contribution in [2.75, 3.05) is 25.5 Å². The summed E-state index contributed by atoms with van der Waals surface area (Å²) in [5, 5.41) is 4.95. The molecule has 0 bridgehead atoms. The summed E-state index contributed by atoms with van der Waals surface area (Å²) in [5.41, 5.74) is 8.84. The molecule has 2 amide bonds. The van der Waals surface area contributed by atoms with Crippen LogP contribution in [0.4, 0.5) is 5.69 Å². The molecule has 0 aliphatic carbocycles. The molecule has 1 aromatic carbocycles. The number of benzene rings is 1. The van der Waals surface area contributed by atoms with E-state index in [1.807, 2.05) is 17.9 Å². The molecule has 0 saturated heterocycles. The maximum absolute atomic E-state index is 13.0. The Bertz CT molecular complexity index is 836. The topological polar surface area (TPSA) is 84.7 Å². The number of nitrogens with one attached hydrogen (secondary N) is 1. The zero-order valence-electron chi connectivity index (χ0n) is 16.1. The molecular formula is C20H26ClN3O3S. The number of fused-ring (bicyclic) bond motifs is 1. The number of nitrogens with zero attached hydrogens (tertiary/aromatic N) is 1. The monoisotopic (exact) mass is 423 g/mol. The fourth-order valence-corrected chi connectivity index (χ4v) is 4.16. The highest BCUT2D eigenvalue weighted by atomic mass is 35.5. The molecule has 3 rings (SSSR count). The van der Waals surface area contributed by atoms with Crippen LogP contribution in [-0.2, 0) is 22.5 Å². The Balaban J connectivity index is 0.00000280. The quantitative estimate of drug-likeness (QED) is 0.748. The van der Waals surface area contributed by atoms with E-state index in [0.29, 0.717) is 24.3 Å². The van der Waals surface area contributed by atoms with Crippen LogP contribution in [0.3, 0.4) is 0 Å². The minimum Gasteiger partial charge on any atom is -0.380 e. The molecule has 2 aromatic rings. The van der Waals surface area contributed by atoms with E-state index < -0.39 is 0 Å². The Hall–Kier alpha value is -1.93. The first kappa shape index (κ1) is 22.4. The van der Waals surface area contributed by atoms with Crippen LogP contribution in [-0.4, -0.2) is 43.0 Å². The van der Waals surface area contributed by atoms with E-state index in [4.69, 9.17) is 10.5 Å². The summed E-state index contributed by atoms with van der Waals surface area (Å²) in [7, 11) is 1.53. The SMILES string of the molecule is COC(CN)CC(=O)Nc1cccc(C(=O)N2CCc3sccc3C2)c1C.Cl. The fraction of sp³-hybridized carbons (Fsp3) is 0.400. The minimum absolute atomic E-state index is 0. The van der Waals surface area contributed by atoms with Crippen molar-refractivity contribution in [3.8, 4) is 0 Å². The normalized spacial score (nSPS) is 14.0. The molecule has 1 atom stereocenters. The van der Waals surface area contributed by atoms with E-state index in [-0.39, 0.29) is 43.3 Å². The van der Waals surface area contributed by atoms with Crippen molar-refractivity contribution in [3.63, 3.8) is 0 Å². The first-order chi connectivity index (χ1) is 13.0. The van der Waals surface area contributed by atoms with Crippen molar-refractivity contribution in [1.29, 1.82) is 0 Å². The molecule has 0 saturated carbocycles. The molecule has 2 heterocycles. The second kappa shape index (κ2) is 10.0. The zero-order valence-corrected chi connectivity index (χ0v) is 17.7. The van der Waals surface area contributed by atoms with Gasteiger partial charge in [-0.1, -0.05) is 6.07 Å². The van der Waals surface area contributed by atoms with Gasteiger partial charge in [-0.2, -0.15) is 0 Å². The third kappa shape index (κ3) is 4.91. The predicted octanol–water partition coefficient (Wildman–Crippen LogP) is 2.98. The summed E-state index contributed by atoms with van der Waals surface area (Å²) in [6.45, 7) is 3.49. The molecule has 0 spiro atoms. The molecule has 8 heteroatoms. The number of halogens is 1. The predicted molar refractivity (Wildman–Crippen MR) is 114 cm³/mol. The van der Waals surface area contributed by atoms with Gasteiger partial charge in [-0.3, -0.25) is 9.59 Å². The van der Waals surface area contributed by atoms with E-state index >= 15 is 0 Å². The average Bonchev–Trinajstić information content (AvgIpc) is 3.15. The van der Waals surface area contributed by atoms with Crippen molar-refractivity contribution < 1.29 is 14.3 Å². The molecule has 1 aliphatic heterocycles. The molecule has 152 valence electrons. The van der Waals surface area contributed by atoms with E-state index in [9.17, 15) is 9.59 Å². The van der Waals surface area contributed by atoms with Crippen molar-refractivity contribution in [2.24, 2.45) is 5.73 Å². The van der Waals surface area contributed by atoms with Crippen LogP contribution < -0.4 is 11.1 Å². The number of hydrogen-bond donors (Lipinski definition) is 2. The summed E-state index contributed by atoms with van der Waals surface area (Å²) in [4.78, 5) is 28.5. The number of nitrogens with two attached hydrogens (primary N) is 1. The number of carbonyl (C=O) groups excluding carboxylic acids is 2. The van der Waals surface area contributed by atoms with Crippen LogP contribution in [0.5, 0.6) is 0 Å². The van der Waals surface area contributed by atoms with Crippen molar-refractivity contribution in [2.45, 2.75) is 32.4 Å². The van der Waals surface area contributed by atoms with Crippen molar-refractivity contribution in [3.05, 3.63) is 51.2 Å². The lowest BCUT2D eigenvalue weighted by atomic mass is 10.0.